The summed E-state index contributed by atoms with van der Waals surface area (Å²) in [5, 5.41) is 14.6. The summed E-state index contributed by atoms with van der Waals surface area (Å²) in [4.78, 5) is 9.13. The number of nitrogens with zero attached hydrogens (tertiary/aromatic N) is 5. The number of nitrogens with one attached hydrogen (secondary N) is 2. The smallest absolute Gasteiger partial charge is 0.151 e. The molecule has 0 aromatic carbocycles. The fourth-order valence-electron chi connectivity index (χ4n) is 1.94. The highest BCUT2D eigenvalue weighted by Gasteiger charge is 2.10. The van der Waals surface area contributed by atoms with E-state index in [1.165, 1.54) is 0 Å². The molecule has 0 amide bonds. The van der Waals surface area contributed by atoms with Crippen LogP contribution in [-0.2, 0) is 20.0 Å². The van der Waals surface area contributed by atoms with Crippen LogP contribution in [0.3, 0.4) is 0 Å². The Morgan fingerprint density at radius 3 is 2.43 bits per heavy atom. The van der Waals surface area contributed by atoms with E-state index >= 15 is 0 Å². The van der Waals surface area contributed by atoms with Gasteiger partial charge < -0.3 is 15.2 Å². The average molecular weight is 289 g/mol. The van der Waals surface area contributed by atoms with Gasteiger partial charge in [-0.2, -0.15) is 0 Å². The molecular formula is C14H23N7. The van der Waals surface area contributed by atoms with E-state index in [0.717, 1.165) is 48.2 Å². The van der Waals surface area contributed by atoms with Crippen LogP contribution in [0.15, 0.2) is 6.33 Å². The lowest BCUT2D eigenvalue weighted by atomic mass is 10.2. The zero-order valence-electron chi connectivity index (χ0n) is 13.1. The summed E-state index contributed by atoms with van der Waals surface area (Å²) in [5.74, 6) is 3.46. The molecule has 0 aliphatic carbocycles. The summed E-state index contributed by atoms with van der Waals surface area (Å²) in [6.07, 6.45) is 3.56. The highest BCUT2D eigenvalue weighted by atomic mass is 15.3. The molecule has 0 spiro atoms. The van der Waals surface area contributed by atoms with Crippen LogP contribution in [0.4, 0.5) is 11.6 Å². The maximum atomic E-state index is 4.57. The first-order valence-electron chi connectivity index (χ1n) is 7.33. The maximum absolute atomic E-state index is 4.57. The van der Waals surface area contributed by atoms with Crippen molar-refractivity contribution in [2.45, 2.75) is 40.2 Å². The molecule has 0 saturated heterocycles. The molecule has 7 nitrogen and oxygen atoms in total. The van der Waals surface area contributed by atoms with Gasteiger partial charge in [-0.15, -0.1) is 10.2 Å². The van der Waals surface area contributed by atoms with Crippen molar-refractivity contribution in [3.8, 4) is 0 Å². The number of aryl methyl sites for hydroxylation is 2. The lowest BCUT2D eigenvalue weighted by Crippen LogP contribution is -2.13. The van der Waals surface area contributed by atoms with E-state index in [2.05, 4.69) is 44.6 Å². The number of aromatic nitrogens is 5. The van der Waals surface area contributed by atoms with Gasteiger partial charge in [0.05, 0.1) is 6.54 Å². The second kappa shape index (κ2) is 7.01. The van der Waals surface area contributed by atoms with Gasteiger partial charge in [0.25, 0.3) is 0 Å². The summed E-state index contributed by atoms with van der Waals surface area (Å²) in [6, 6.07) is 0. The Kier molecular flexibility index (Phi) is 5.08. The summed E-state index contributed by atoms with van der Waals surface area (Å²) in [7, 11) is 1.93. The molecule has 2 N–H and O–H groups in total. The van der Waals surface area contributed by atoms with E-state index < -0.39 is 0 Å². The molecule has 0 saturated carbocycles. The monoisotopic (exact) mass is 289 g/mol. The van der Waals surface area contributed by atoms with E-state index in [1.54, 1.807) is 6.33 Å². The lowest BCUT2D eigenvalue weighted by Gasteiger charge is -2.14. The Morgan fingerprint density at radius 1 is 1.14 bits per heavy atom. The van der Waals surface area contributed by atoms with Crippen LogP contribution in [0.1, 0.15) is 37.5 Å². The second-order valence-electron chi connectivity index (χ2n) is 4.95. The van der Waals surface area contributed by atoms with Crippen LogP contribution in [0.5, 0.6) is 0 Å². The Labute approximate surface area is 125 Å². The van der Waals surface area contributed by atoms with Crippen molar-refractivity contribution in [3.05, 3.63) is 23.5 Å². The molecular weight excluding hydrogens is 266 g/mol. The first-order chi connectivity index (χ1) is 10.2. The summed E-state index contributed by atoms with van der Waals surface area (Å²) < 4.78 is 1.89. The van der Waals surface area contributed by atoms with Crippen molar-refractivity contribution in [2.24, 2.45) is 7.05 Å². The molecule has 0 bridgehead atoms. The molecule has 2 rings (SSSR count). The van der Waals surface area contributed by atoms with Crippen LogP contribution >= 0.6 is 0 Å². The van der Waals surface area contributed by atoms with Gasteiger partial charge in [-0.05, 0) is 13.3 Å². The standard InChI is InChI=1S/C14H23N7/c1-5-7-15-13-10(3)14(19-11(6-2)18-13)16-8-12-20-17-9-21(12)4/h9H,5-8H2,1-4H3,(H2,15,16,18,19). The van der Waals surface area contributed by atoms with Gasteiger partial charge >= 0.3 is 0 Å². The first kappa shape index (κ1) is 15.2. The number of anilines is 2. The second-order valence-corrected chi connectivity index (χ2v) is 4.95. The van der Waals surface area contributed by atoms with Crippen molar-refractivity contribution in [3.63, 3.8) is 0 Å². The normalized spacial score (nSPS) is 10.7. The number of rotatable bonds is 7. The summed E-state index contributed by atoms with van der Waals surface area (Å²) in [5.41, 5.74) is 1.03. The quantitative estimate of drug-likeness (QED) is 0.810. The SMILES string of the molecule is CCCNc1nc(CC)nc(NCc2nncn2C)c1C. The van der Waals surface area contributed by atoms with E-state index in [9.17, 15) is 0 Å². The zero-order chi connectivity index (χ0) is 15.2. The molecule has 0 unspecified atom stereocenters. The molecule has 2 heterocycles. The van der Waals surface area contributed by atoms with Crippen molar-refractivity contribution >= 4 is 11.6 Å². The molecule has 2 aromatic rings. The highest BCUT2D eigenvalue weighted by molar-refractivity contribution is 5.57. The molecule has 2 aromatic heterocycles. The van der Waals surface area contributed by atoms with Gasteiger partial charge in [0, 0.05) is 25.6 Å². The van der Waals surface area contributed by atoms with Gasteiger partial charge in [-0.25, -0.2) is 9.97 Å². The van der Waals surface area contributed by atoms with Gasteiger partial charge in [0.1, 0.15) is 23.8 Å². The van der Waals surface area contributed by atoms with E-state index in [-0.39, 0.29) is 0 Å². The Morgan fingerprint density at radius 2 is 1.86 bits per heavy atom. The van der Waals surface area contributed by atoms with Crippen molar-refractivity contribution in [2.75, 3.05) is 17.2 Å². The third-order valence-electron chi connectivity index (χ3n) is 3.27. The molecule has 21 heavy (non-hydrogen) atoms. The first-order valence-corrected chi connectivity index (χ1v) is 7.33. The van der Waals surface area contributed by atoms with Crippen LogP contribution in [0, 0.1) is 6.92 Å². The third-order valence-corrected chi connectivity index (χ3v) is 3.27. The van der Waals surface area contributed by atoms with E-state index in [0.29, 0.717) is 6.54 Å². The largest absolute Gasteiger partial charge is 0.370 e. The van der Waals surface area contributed by atoms with Crippen molar-refractivity contribution in [1.82, 2.24) is 24.7 Å². The third kappa shape index (κ3) is 3.68. The fourth-order valence-corrected chi connectivity index (χ4v) is 1.94. The molecule has 0 radical (unpaired) electrons. The Hall–Kier alpha value is -2.18. The van der Waals surface area contributed by atoms with Gasteiger partial charge in [0.2, 0.25) is 0 Å². The summed E-state index contributed by atoms with van der Waals surface area (Å²) in [6.45, 7) is 7.71. The maximum Gasteiger partial charge on any atom is 0.151 e. The predicted octanol–water partition coefficient (Wildman–Crippen LogP) is 1.91. The highest BCUT2D eigenvalue weighted by Crippen LogP contribution is 2.20. The van der Waals surface area contributed by atoms with Crippen LogP contribution < -0.4 is 10.6 Å². The molecule has 0 fully saturated rings. The molecule has 0 aliphatic rings. The van der Waals surface area contributed by atoms with E-state index in [1.807, 2.05) is 18.5 Å². The zero-order valence-corrected chi connectivity index (χ0v) is 13.1. The Balaban J connectivity index is 2.19. The lowest BCUT2D eigenvalue weighted by molar-refractivity contribution is 0.806. The molecule has 7 heteroatoms. The molecule has 114 valence electrons. The van der Waals surface area contributed by atoms with Crippen molar-refractivity contribution in [1.29, 1.82) is 0 Å². The van der Waals surface area contributed by atoms with Crippen molar-refractivity contribution < 1.29 is 0 Å². The number of hydrogen-bond donors (Lipinski definition) is 2. The Bertz CT molecular complexity index is 591. The fraction of sp³-hybridized carbons (Fsp3) is 0.571. The molecule has 0 aliphatic heterocycles. The summed E-state index contributed by atoms with van der Waals surface area (Å²) >= 11 is 0. The van der Waals surface area contributed by atoms with Crippen LogP contribution in [0.2, 0.25) is 0 Å². The van der Waals surface area contributed by atoms with Crippen LogP contribution in [-0.4, -0.2) is 31.3 Å². The average Bonchev–Trinajstić information content (AvgIpc) is 2.90. The van der Waals surface area contributed by atoms with Crippen LogP contribution in [0.25, 0.3) is 0 Å². The topological polar surface area (TPSA) is 80.6 Å². The minimum Gasteiger partial charge on any atom is -0.370 e. The van der Waals surface area contributed by atoms with Gasteiger partial charge in [0.15, 0.2) is 5.82 Å². The number of hydrogen-bond acceptors (Lipinski definition) is 6. The van der Waals surface area contributed by atoms with Gasteiger partial charge in [-0.1, -0.05) is 13.8 Å². The van der Waals surface area contributed by atoms with E-state index in [4.69, 9.17) is 0 Å². The predicted molar refractivity (Wildman–Crippen MR) is 83.3 cm³/mol. The minimum atomic E-state index is 0.588. The van der Waals surface area contributed by atoms with Gasteiger partial charge in [-0.3, -0.25) is 0 Å². The minimum absolute atomic E-state index is 0.588. The molecule has 0 atom stereocenters.